The van der Waals surface area contributed by atoms with Crippen LogP contribution < -0.4 is 0 Å². The van der Waals surface area contributed by atoms with Crippen LogP contribution in [0.2, 0.25) is 0 Å². The van der Waals surface area contributed by atoms with E-state index in [9.17, 15) is 8.78 Å². The van der Waals surface area contributed by atoms with Gasteiger partial charge in [-0.05, 0) is 32.6 Å². The summed E-state index contributed by atoms with van der Waals surface area (Å²) in [6.45, 7) is 2.38. The second kappa shape index (κ2) is 4.75. The van der Waals surface area contributed by atoms with Crippen LogP contribution in [0.15, 0.2) is 0 Å². The molecular weight excluding hydrogens is 162 g/mol. The lowest BCUT2D eigenvalue weighted by Crippen LogP contribution is -2.32. The van der Waals surface area contributed by atoms with Crippen molar-refractivity contribution in [2.24, 2.45) is 5.92 Å². The predicted molar refractivity (Wildman–Crippen MR) is 43.1 cm³/mol. The first kappa shape index (κ1) is 9.90. The van der Waals surface area contributed by atoms with Crippen molar-refractivity contribution in [1.82, 2.24) is 0 Å². The van der Waals surface area contributed by atoms with E-state index < -0.39 is 12.3 Å². The molecule has 0 aromatic heterocycles. The Kier molecular flexibility index (Phi) is 3.92. The van der Waals surface area contributed by atoms with E-state index in [0.29, 0.717) is 13.0 Å². The average Bonchev–Trinajstić information content (AvgIpc) is 2.05. The minimum absolute atomic E-state index is 0.222. The third-order valence-corrected chi connectivity index (χ3v) is 2.28. The van der Waals surface area contributed by atoms with Gasteiger partial charge in [0.1, 0.15) is 0 Å². The maximum Gasteiger partial charge on any atom is 0.243 e. The lowest BCUT2D eigenvalue weighted by atomic mass is 9.87. The number of ether oxygens (including phenoxy) is 1. The molecule has 0 aromatic rings. The Morgan fingerprint density at radius 2 is 2.33 bits per heavy atom. The molecule has 1 rings (SSSR count). The standard InChI is InChI=1S/C9H15F2O/c1-2-12-8-6-4-3-5-7(8)9(10)11/h3,7-9H,2,4-6H2,1H3. The zero-order chi connectivity index (χ0) is 8.97. The van der Waals surface area contributed by atoms with Gasteiger partial charge < -0.3 is 4.74 Å². The van der Waals surface area contributed by atoms with Crippen molar-refractivity contribution in [3.05, 3.63) is 6.42 Å². The maximum absolute atomic E-state index is 12.4. The predicted octanol–water partition coefficient (Wildman–Crippen LogP) is 2.66. The number of halogens is 2. The van der Waals surface area contributed by atoms with E-state index in [1.807, 2.05) is 13.3 Å². The van der Waals surface area contributed by atoms with Gasteiger partial charge in [0.2, 0.25) is 6.43 Å². The molecule has 0 bridgehead atoms. The summed E-state index contributed by atoms with van der Waals surface area (Å²) in [6.07, 6.45) is 1.64. The first-order chi connectivity index (χ1) is 5.75. The van der Waals surface area contributed by atoms with E-state index in [-0.39, 0.29) is 6.10 Å². The quantitative estimate of drug-likeness (QED) is 0.644. The van der Waals surface area contributed by atoms with Crippen molar-refractivity contribution in [2.75, 3.05) is 6.61 Å². The Bertz CT molecular complexity index is 126. The minimum Gasteiger partial charge on any atom is -0.378 e. The maximum atomic E-state index is 12.4. The molecule has 12 heavy (non-hydrogen) atoms. The van der Waals surface area contributed by atoms with Crippen molar-refractivity contribution in [3.8, 4) is 0 Å². The van der Waals surface area contributed by atoms with Crippen molar-refractivity contribution in [2.45, 2.75) is 38.7 Å². The van der Waals surface area contributed by atoms with Crippen molar-refractivity contribution < 1.29 is 13.5 Å². The van der Waals surface area contributed by atoms with Gasteiger partial charge in [0.15, 0.2) is 0 Å². The molecule has 71 valence electrons. The van der Waals surface area contributed by atoms with Gasteiger partial charge in [0.25, 0.3) is 0 Å². The number of alkyl halides is 2. The van der Waals surface area contributed by atoms with Crippen LogP contribution in [0, 0.1) is 12.3 Å². The van der Waals surface area contributed by atoms with Crippen LogP contribution in [0.3, 0.4) is 0 Å². The van der Waals surface area contributed by atoms with Crippen molar-refractivity contribution >= 4 is 0 Å². The topological polar surface area (TPSA) is 9.23 Å². The molecule has 0 amide bonds. The highest BCUT2D eigenvalue weighted by Gasteiger charge is 2.32. The Labute approximate surface area is 72.1 Å². The van der Waals surface area contributed by atoms with Gasteiger partial charge in [-0.2, -0.15) is 0 Å². The highest BCUT2D eigenvalue weighted by Crippen LogP contribution is 2.30. The van der Waals surface area contributed by atoms with Crippen LogP contribution in [0.25, 0.3) is 0 Å². The fraction of sp³-hybridized carbons (Fsp3) is 0.889. The van der Waals surface area contributed by atoms with E-state index in [4.69, 9.17) is 4.74 Å². The highest BCUT2D eigenvalue weighted by molar-refractivity contribution is 4.85. The SMILES string of the molecule is CCOC1CC[CH]CC1C(F)F. The summed E-state index contributed by atoms with van der Waals surface area (Å²) in [5.41, 5.74) is 0. The van der Waals surface area contributed by atoms with Gasteiger partial charge in [0.05, 0.1) is 6.10 Å². The van der Waals surface area contributed by atoms with E-state index in [0.717, 1.165) is 12.8 Å². The van der Waals surface area contributed by atoms with Gasteiger partial charge in [-0.15, -0.1) is 0 Å². The fourth-order valence-corrected chi connectivity index (χ4v) is 1.64. The van der Waals surface area contributed by atoms with Gasteiger partial charge in [-0.25, -0.2) is 8.78 Å². The molecule has 0 saturated heterocycles. The zero-order valence-corrected chi connectivity index (χ0v) is 7.30. The van der Waals surface area contributed by atoms with Crippen LogP contribution in [0.1, 0.15) is 26.2 Å². The molecule has 0 aliphatic heterocycles. The monoisotopic (exact) mass is 177 g/mol. The molecule has 0 N–H and O–H groups in total. The lowest BCUT2D eigenvalue weighted by Gasteiger charge is -2.30. The largest absolute Gasteiger partial charge is 0.378 e. The Morgan fingerprint density at radius 3 is 2.92 bits per heavy atom. The molecule has 2 unspecified atom stereocenters. The fourth-order valence-electron chi connectivity index (χ4n) is 1.64. The summed E-state index contributed by atoms with van der Waals surface area (Å²) < 4.78 is 30.0. The van der Waals surface area contributed by atoms with E-state index in [2.05, 4.69) is 0 Å². The number of rotatable bonds is 3. The van der Waals surface area contributed by atoms with Crippen LogP contribution in [-0.2, 0) is 4.74 Å². The van der Waals surface area contributed by atoms with E-state index in [1.54, 1.807) is 0 Å². The molecule has 1 radical (unpaired) electrons. The zero-order valence-electron chi connectivity index (χ0n) is 7.30. The average molecular weight is 177 g/mol. The molecule has 1 nitrogen and oxygen atoms in total. The Balaban J connectivity index is 2.42. The molecule has 0 aromatic carbocycles. The summed E-state index contributed by atoms with van der Waals surface area (Å²) >= 11 is 0. The van der Waals surface area contributed by atoms with Gasteiger partial charge in [-0.3, -0.25) is 0 Å². The summed E-state index contributed by atoms with van der Waals surface area (Å²) in [4.78, 5) is 0. The third kappa shape index (κ3) is 2.41. The molecule has 1 aliphatic rings. The smallest absolute Gasteiger partial charge is 0.243 e. The van der Waals surface area contributed by atoms with Crippen LogP contribution in [0.4, 0.5) is 8.78 Å². The first-order valence-corrected chi connectivity index (χ1v) is 4.47. The van der Waals surface area contributed by atoms with Crippen LogP contribution in [0.5, 0.6) is 0 Å². The molecule has 0 heterocycles. The Hall–Kier alpha value is -0.180. The van der Waals surface area contributed by atoms with Gasteiger partial charge >= 0.3 is 0 Å². The molecule has 2 atom stereocenters. The third-order valence-electron chi connectivity index (χ3n) is 2.28. The van der Waals surface area contributed by atoms with E-state index in [1.165, 1.54) is 0 Å². The summed E-state index contributed by atoms with van der Waals surface area (Å²) in [7, 11) is 0. The lowest BCUT2D eigenvalue weighted by molar-refractivity contribution is -0.0583. The molecule has 0 spiro atoms. The van der Waals surface area contributed by atoms with E-state index >= 15 is 0 Å². The summed E-state index contributed by atoms with van der Waals surface area (Å²) in [5.74, 6) is -0.571. The second-order valence-corrected chi connectivity index (χ2v) is 3.09. The Morgan fingerprint density at radius 1 is 1.58 bits per heavy atom. The molecule has 1 saturated carbocycles. The summed E-state index contributed by atoms with van der Waals surface area (Å²) in [5, 5.41) is 0. The second-order valence-electron chi connectivity index (χ2n) is 3.09. The van der Waals surface area contributed by atoms with Crippen molar-refractivity contribution in [1.29, 1.82) is 0 Å². The normalized spacial score (nSPS) is 31.0. The summed E-state index contributed by atoms with van der Waals surface area (Å²) in [6, 6.07) is 0. The first-order valence-electron chi connectivity index (χ1n) is 4.47. The van der Waals surface area contributed by atoms with Crippen LogP contribution in [-0.4, -0.2) is 19.1 Å². The number of hydrogen-bond acceptors (Lipinski definition) is 1. The van der Waals surface area contributed by atoms with Gasteiger partial charge in [0, 0.05) is 12.5 Å². The molecule has 1 fully saturated rings. The van der Waals surface area contributed by atoms with Gasteiger partial charge in [-0.1, -0.05) is 0 Å². The van der Waals surface area contributed by atoms with Crippen molar-refractivity contribution in [3.63, 3.8) is 0 Å². The minimum atomic E-state index is -2.24. The molecule has 3 heteroatoms. The highest BCUT2D eigenvalue weighted by atomic mass is 19.3. The molecular formula is C9H15F2O. The van der Waals surface area contributed by atoms with Crippen LogP contribution >= 0.6 is 0 Å². The number of hydrogen-bond donors (Lipinski definition) is 0. The molecule has 1 aliphatic carbocycles.